The van der Waals surface area contributed by atoms with Crippen molar-refractivity contribution in [3.05, 3.63) is 0 Å². The van der Waals surface area contributed by atoms with Gasteiger partial charge in [0.05, 0.1) is 0 Å². The van der Waals surface area contributed by atoms with E-state index < -0.39 is 14.1 Å². The molecule has 0 saturated heterocycles. The molecule has 0 fully saturated rings. The monoisotopic (exact) mass is 188 g/mol. The van der Waals surface area contributed by atoms with Gasteiger partial charge in [-0.05, 0) is 28.2 Å². The third kappa shape index (κ3) is 3.36. The second kappa shape index (κ2) is 3.70. The minimum atomic E-state index is -4.12. The van der Waals surface area contributed by atoms with E-state index in [0.717, 1.165) is 0 Å². The van der Waals surface area contributed by atoms with Crippen LogP contribution in [0.25, 0.3) is 0 Å². The first-order chi connectivity index (χ1) is 4.76. The first kappa shape index (κ1) is 11.1. The first-order valence-electron chi connectivity index (χ1n) is 2.98. The molecule has 2 nitrogen and oxygen atoms in total. The van der Waals surface area contributed by atoms with Gasteiger partial charge in [0.15, 0.2) is 8.22 Å². The Morgan fingerprint density at radius 2 is 1.18 bits per heavy atom. The van der Waals surface area contributed by atoms with E-state index in [1.165, 1.54) is 37.5 Å². The first-order valence-corrected chi connectivity index (χ1v) is 4.23. The van der Waals surface area contributed by atoms with Crippen molar-refractivity contribution in [1.82, 2.24) is 9.34 Å². The van der Waals surface area contributed by atoms with Gasteiger partial charge >= 0.3 is 5.92 Å². The topological polar surface area (TPSA) is 6.48 Å². The molecular weight excluding hydrogens is 176 g/mol. The van der Waals surface area contributed by atoms with E-state index in [9.17, 15) is 13.2 Å². The van der Waals surface area contributed by atoms with Crippen molar-refractivity contribution < 1.29 is 13.2 Å². The minimum Gasteiger partial charge on any atom is -0.269 e. The van der Waals surface area contributed by atoms with Crippen LogP contribution in [0.15, 0.2) is 0 Å². The molecule has 0 N–H and O–H groups in total. The molecular formula is C5H12F3N2P. The molecule has 0 aliphatic carbocycles. The van der Waals surface area contributed by atoms with E-state index in [0.29, 0.717) is 0 Å². The fourth-order valence-electron chi connectivity index (χ4n) is 0.811. The van der Waals surface area contributed by atoms with Crippen LogP contribution in [0.4, 0.5) is 13.2 Å². The number of hydrogen-bond acceptors (Lipinski definition) is 2. The quantitative estimate of drug-likeness (QED) is 0.611. The summed E-state index contributed by atoms with van der Waals surface area (Å²) >= 11 is 0. The maximum absolute atomic E-state index is 12.2. The lowest BCUT2D eigenvalue weighted by atomic mass is 11.3. The number of nitrogens with zero attached hydrogens (tertiary/aromatic N) is 2. The fraction of sp³-hybridized carbons (Fsp3) is 1.00. The summed E-state index contributed by atoms with van der Waals surface area (Å²) in [5.41, 5.74) is 0. The molecule has 0 aliphatic rings. The standard InChI is InChI=1S/C5H12F3N2P/c1-9(2)11(10(3)4)5(6,7)8/h1-4H3. The van der Waals surface area contributed by atoms with Crippen molar-refractivity contribution >= 4 is 8.22 Å². The second-order valence-corrected chi connectivity index (χ2v) is 5.14. The van der Waals surface area contributed by atoms with Crippen LogP contribution < -0.4 is 0 Å². The highest BCUT2D eigenvalue weighted by atomic mass is 31.1. The van der Waals surface area contributed by atoms with Gasteiger partial charge in [-0.25, -0.2) is 0 Å². The van der Waals surface area contributed by atoms with Crippen LogP contribution in [0.2, 0.25) is 0 Å². The van der Waals surface area contributed by atoms with E-state index in [4.69, 9.17) is 0 Å². The average Bonchev–Trinajstić information content (AvgIpc) is 1.54. The summed E-state index contributed by atoms with van der Waals surface area (Å²) in [6, 6.07) is 0. The van der Waals surface area contributed by atoms with E-state index in [1.54, 1.807) is 0 Å². The molecule has 0 rings (SSSR count). The maximum Gasteiger partial charge on any atom is 0.433 e. The Morgan fingerprint density at radius 1 is 0.909 bits per heavy atom. The fourth-order valence-corrected chi connectivity index (χ4v) is 2.43. The Morgan fingerprint density at radius 3 is 1.18 bits per heavy atom. The second-order valence-electron chi connectivity index (χ2n) is 2.45. The molecule has 0 radical (unpaired) electrons. The Labute approximate surface area is 65.8 Å². The Kier molecular flexibility index (Phi) is 3.74. The van der Waals surface area contributed by atoms with Gasteiger partial charge in [-0.2, -0.15) is 13.2 Å². The van der Waals surface area contributed by atoms with Gasteiger partial charge in [-0.3, -0.25) is 9.34 Å². The molecule has 0 spiro atoms. The van der Waals surface area contributed by atoms with Crippen LogP contribution in [0.5, 0.6) is 0 Å². The van der Waals surface area contributed by atoms with Crippen molar-refractivity contribution in [2.24, 2.45) is 0 Å². The summed E-state index contributed by atoms with van der Waals surface area (Å²) in [6.45, 7) is 0. The normalized spacial score (nSPS) is 13.6. The molecule has 11 heavy (non-hydrogen) atoms. The molecule has 0 aromatic heterocycles. The van der Waals surface area contributed by atoms with Crippen molar-refractivity contribution in [3.8, 4) is 0 Å². The zero-order chi connectivity index (χ0) is 9.23. The summed E-state index contributed by atoms with van der Waals surface area (Å²) in [6.07, 6.45) is 0. The van der Waals surface area contributed by atoms with Gasteiger partial charge in [0, 0.05) is 0 Å². The smallest absolute Gasteiger partial charge is 0.269 e. The Bertz CT molecular complexity index is 115. The third-order valence-electron chi connectivity index (χ3n) is 0.985. The van der Waals surface area contributed by atoms with Crippen molar-refractivity contribution in [1.29, 1.82) is 0 Å². The van der Waals surface area contributed by atoms with Gasteiger partial charge in [-0.1, -0.05) is 0 Å². The summed E-state index contributed by atoms with van der Waals surface area (Å²) in [7, 11) is 3.57. The van der Waals surface area contributed by atoms with E-state index in [-0.39, 0.29) is 0 Å². The zero-order valence-electron chi connectivity index (χ0n) is 6.98. The molecule has 0 heterocycles. The molecule has 0 amide bonds. The number of hydrogen-bond donors (Lipinski definition) is 0. The molecule has 0 aromatic rings. The molecule has 0 aliphatic heterocycles. The van der Waals surface area contributed by atoms with Crippen LogP contribution in [0.3, 0.4) is 0 Å². The van der Waals surface area contributed by atoms with Crippen LogP contribution in [0.1, 0.15) is 0 Å². The largest absolute Gasteiger partial charge is 0.433 e. The molecule has 68 valence electrons. The predicted molar refractivity (Wildman–Crippen MR) is 40.3 cm³/mol. The lowest BCUT2D eigenvalue weighted by Gasteiger charge is -2.31. The molecule has 6 heteroatoms. The summed E-state index contributed by atoms with van der Waals surface area (Å²) in [5, 5.41) is 0. The lowest BCUT2D eigenvalue weighted by molar-refractivity contribution is -0.0483. The van der Waals surface area contributed by atoms with Crippen LogP contribution in [-0.2, 0) is 0 Å². The zero-order valence-corrected chi connectivity index (χ0v) is 7.87. The molecule has 0 aromatic carbocycles. The summed E-state index contributed by atoms with van der Waals surface area (Å²) in [5.74, 6) is -4.12. The van der Waals surface area contributed by atoms with E-state index >= 15 is 0 Å². The number of halogens is 3. The summed E-state index contributed by atoms with van der Waals surface area (Å²) < 4.78 is 38.9. The predicted octanol–water partition coefficient (Wildman–Crippen LogP) is 1.94. The van der Waals surface area contributed by atoms with Gasteiger partial charge in [0.2, 0.25) is 0 Å². The number of alkyl halides is 3. The SMILES string of the molecule is CN(C)P(N(C)C)C(F)(F)F. The number of rotatable bonds is 2. The molecule has 0 bridgehead atoms. The highest BCUT2D eigenvalue weighted by Gasteiger charge is 2.43. The maximum atomic E-state index is 12.2. The van der Waals surface area contributed by atoms with Crippen molar-refractivity contribution in [2.75, 3.05) is 28.2 Å². The van der Waals surface area contributed by atoms with Crippen molar-refractivity contribution in [2.45, 2.75) is 5.92 Å². The molecule has 0 saturated carbocycles. The minimum absolute atomic E-state index is 1.19. The summed E-state index contributed by atoms with van der Waals surface area (Å²) in [4.78, 5) is 0. The van der Waals surface area contributed by atoms with Gasteiger partial charge in [-0.15, -0.1) is 0 Å². The van der Waals surface area contributed by atoms with E-state index in [1.807, 2.05) is 0 Å². The average molecular weight is 188 g/mol. The molecule has 0 unspecified atom stereocenters. The van der Waals surface area contributed by atoms with Crippen LogP contribution in [-0.4, -0.2) is 43.4 Å². The lowest BCUT2D eigenvalue weighted by Crippen LogP contribution is -2.26. The van der Waals surface area contributed by atoms with E-state index in [2.05, 4.69) is 0 Å². The highest BCUT2D eigenvalue weighted by Crippen LogP contribution is 2.55. The van der Waals surface area contributed by atoms with Crippen LogP contribution >= 0.6 is 8.22 Å². The Balaban J connectivity index is 4.35. The van der Waals surface area contributed by atoms with Gasteiger partial charge in [0.25, 0.3) is 0 Å². The highest BCUT2D eigenvalue weighted by molar-refractivity contribution is 7.53. The van der Waals surface area contributed by atoms with Gasteiger partial charge < -0.3 is 0 Å². The van der Waals surface area contributed by atoms with Crippen molar-refractivity contribution in [3.63, 3.8) is 0 Å². The molecule has 0 atom stereocenters. The van der Waals surface area contributed by atoms with Gasteiger partial charge in [0.1, 0.15) is 0 Å². The Hall–Kier alpha value is 0.140. The van der Waals surface area contributed by atoms with Crippen LogP contribution in [0, 0.1) is 0 Å². The third-order valence-corrected chi connectivity index (χ3v) is 2.95.